The van der Waals surface area contributed by atoms with Crippen LogP contribution in [-0.2, 0) is 4.79 Å². The minimum atomic E-state index is 0.153. The summed E-state index contributed by atoms with van der Waals surface area (Å²) in [6.45, 7) is 5.28. The van der Waals surface area contributed by atoms with Gasteiger partial charge in [-0.25, -0.2) is 0 Å². The van der Waals surface area contributed by atoms with Crippen LogP contribution in [0.3, 0.4) is 0 Å². The monoisotopic (exact) mass is 213 g/mol. The van der Waals surface area contributed by atoms with Crippen LogP contribution in [0.15, 0.2) is 0 Å². The first-order valence-electron chi connectivity index (χ1n) is 5.93. The molecular formula is C11H23N3O. The van der Waals surface area contributed by atoms with Crippen LogP contribution in [0, 0.1) is 0 Å². The number of likely N-dealkylation sites (tertiary alicyclic amines) is 1. The molecule has 4 heteroatoms. The second kappa shape index (κ2) is 6.80. The Morgan fingerprint density at radius 3 is 2.93 bits per heavy atom. The van der Waals surface area contributed by atoms with Crippen molar-refractivity contribution >= 4 is 5.91 Å². The molecule has 1 aliphatic heterocycles. The molecule has 0 aromatic rings. The number of carbonyl (C=O) groups excluding carboxylic acids is 1. The van der Waals surface area contributed by atoms with Gasteiger partial charge in [0.15, 0.2) is 0 Å². The van der Waals surface area contributed by atoms with Crippen LogP contribution >= 0.6 is 0 Å². The van der Waals surface area contributed by atoms with Gasteiger partial charge in [-0.2, -0.15) is 0 Å². The van der Waals surface area contributed by atoms with E-state index < -0.39 is 0 Å². The molecule has 1 atom stereocenters. The Hall–Kier alpha value is -0.610. The number of hydrogen-bond acceptors (Lipinski definition) is 3. The predicted molar refractivity (Wildman–Crippen MR) is 61.8 cm³/mol. The molecule has 1 saturated heterocycles. The number of amides is 1. The van der Waals surface area contributed by atoms with E-state index in [1.165, 1.54) is 19.3 Å². The molecule has 0 aliphatic carbocycles. The summed E-state index contributed by atoms with van der Waals surface area (Å²) in [7, 11) is 1.97. The summed E-state index contributed by atoms with van der Waals surface area (Å²) in [6.07, 6.45) is 3.72. The second-order valence-corrected chi connectivity index (χ2v) is 4.13. The van der Waals surface area contributed by atoms with Crippen molar-refractivity contribution in [2.24, 2.45) is 0 Å². The zero-order valence-electron chi connectivity index (χ0n) is 9.88. The van der Waals surface area contributed by atoms with E-state index in [2.05, 4.69) is 15.5 Å². The van der Waals surface area contributed by atoms with Crippen LogP contribution < -0.4 is 10.6 Å². The van der Waals surface area contributed by atoms with Crippen molar-refractivity contribution in [2.75, 3.05) is 33.2 Å². The Kier molecular flexibility index (Phi) is 5.65. The van der Waals surface area contributed by atoms with E-state index in [4.69, 9.17) is 0 Å². The third-order valence-electron chi connectivity index (χ3n) is 2.91. The average molecular weight is 213 g/mol. The lowest BCUT2D eigenvalue weighted by Gasteiger charge is -2.35. The van der Waals surface area contributed by atoms with E-state index >= 15 is 0 Å². The van der Waals surface area contributed by atoms with Gasteiger partial charge in [-0.05, 0) is 33.4 Å². The molecule has 0 bridgehead atoms. The van der Waals surface area contributed by atoms with Crippen molar-refractivity contribution in [3.05, 3.63) is 0 Å². The van der Waals surface area contributed by atoms with Crippen molar-refractivity contribution in [1.82, 2.24) is 15.5 Å². The van der Waals surface area contributed by atoms with Crippen LogP contribution in [0.5, 0.6) is 0 Å². The molecule has 15 heavy (non-hydrogen) atoms. The highest BCUT2D eigenvalue weighted by molar-refractivity contribution is 5.77. The van der Waals surface area contributed by atoms with Gasteiger partial charge in [0.05, 0.1) is 6.54 Å². The molecule has 0 radical (unpaired) electrons. The van der Waals surface area contributed by atoms with Gasteiger partial charge in [0.2, 0.25) is 5.91 Å². The van der Waals surface area contributed by atoms with Gasteiger partial charge in [-0.1, -0.05) is 6.42 Å². The number of likely N-dealkylation sites (N-methyl/N-ethyl adjacent to an activating group) is 2. The molecular weight excluding hydrogens is 190 g/mol. The third-order valence-corrected chi connectivity index (χ3v) is 2.91. The van der Waals surface area contributed by atoms with E-state index in [0.717, 1.165) is 19.6 Å². The second-order valence-electron chi connectivity index (χ2n) is 4.13. The van der Waals surface area contributed by atoms with E-state index in [9.17, 15) is 4.79 Å². The molecule has 88 valence electrons. The quantitative estimate of drug-likeness (QED) is 0.685. The molecule has 1 fully saturated rings. The summed E-state index contributed by atoms with van der Waals surface area (Å²) < 4.78 is 0. The van der Waals surface area contributed by atoms with Gasteiger partial charge in [0.1, 0.15) is 0 Å². The van der Waals surface area contributed by atoms with Gasteiger partial charge in [-0.3, -0.25) is 9.69 Å². The number of hydrogen-bond donors (Lipinski definition) is 2. The van der Waals surface area contributed by atoms with Gasteiger partial charge >= 0.3 is 0 Å². The molecule has 0 spiro atoms. The van der Waals surface area contributed by atoms with Crippen LogP contribution in [-0.4, -0.2) is 50.1 Å². The van der Waals surface area contributed by atoms with E-state index in [1.807, 2.05) is 14.0 Å². The lowest BCUT2D eigenvalue weighted by molar-refractivity contribution is -0.123. The first kappa shape index (κ1) is 12.5. The third kappa shape index (κ3) is 4.18. The summed E-state index contributed by atoms with van der Waals surface area (Å²) >= 11 is 0. The summed E-state index contributed by atoms with van der Waals surface area (Å²) in [4.78, 5) is 13.8. The molecule has 0 saturated carbocycles. The normalized spacial score (nSPS) is 22.7. The summed E-state index contributed by atoms with van der Waals surface area (Å²) in [5.74, 6) is 0.153. The van der Waals surface area contributed by atoms with E-state index in [-0.39, 0.29) is 5.91 Å². The van der Waals surface area contributed by atoms with Gasteiger partial charge in [0.25, 0.3) is 0 Å². The number of carbonyl (C=O) groups is 1. The van der Waals surface area contributed by atoms with Crippen LogP contribution in [0.25, 0.3) is 0 Å². The summed E-state index contributed by atoms with van der Waals surface area (Å²) in [6, 6.07) is 0.534. The van der Waals surface area contributed by atoms with Gasteiger partial charge in [0, 0.05) is 19.1 Å². The molecule has 0 aromatic heterocycles. The highest BCUT2D eigenvalue weighted by Gasteiger charge is 2.23. The SMILES string of the molecule is CCNC(=O)CN1CCCCC1CNC. The topological polar surface area (TPSA) is 44.4 Å². The molecule has 1 aliphatic rings. The van der Waals surface area contributed by atoms with Gasteiger partial charge < -0.3 is 10.6 Å². The first-order valence-corrected chi connectivity index (χ1v) is 5.93. The molecule has 4 nitrogen and oxygen atoms in total. The zero-order valence-corrected chi connectivity index (χ0v) is 9.88. The Morgan fingerprint density at radius 1 is 1.47 bits per heavy atom. The van der Waals surface area contributed by atoms with Crippen LogP contribution in [0.4, 0.5) is 0 Å². The Bertz CT molecular complexity index is 194. The highest BCUT2D eigenvalue weighted by atomic mass is 16.2. The van der Waals surface area contributed by atoms with Crippen LogP contribution in [0.2, 0.25) is 0 Å². The Morgan fingerprint density at radius 2 is 2.27 bits per heavy atom. The van der Waals surface area contributed by atoms with Crippen molar-refractivity contribution < 1.29 is 4.79 Å². The maximum Gasteiger partial charge on any atom is 0.234 e. The van der Waals surface area contributed by atoms with Crippen molar-refractivity contribution in [2.45, 2.75) is 32.2 Å². The fourth-order valence-corrected chi connectivity index (χ4v) is 2.17. The van der Waals surface area contributed by atoms with Crippen molar-refractivity contribution in [1.29, 1.82) is 0 Å². The number of piperidine rings is 1. The lowest BCUT2D eigenvalue weighted by Crippen LogP contribution is -2.49. The minimum absolute atomic E-state index is 0.153. The molecule has 1 unspecified atom stereocenters. The zero-order chi connectivity index (χ0) is 11.1. The summed E-state index contributed by atoms with van der Waals surface area (Å²) in [5.41, 5.74) is 0. The fraction of sp³-hybridized carbons (Fsp3) is 0.909. The maximum absolute atomic E-state index is 11.5. The fourth-order valence-electron chi connectivity index (χ4n) is 2.17. The molecule has 1 heterocycles. The van der Waals surface area contributed by atoms with Gasteiger partial charge in [-0.15, -0.1) is 0 Å². The first-order chi connectivity index (χ1) is 7.27. The molecule has 1 rings (SSSR count). The largest absolute Gasteiger partial charge is 0.355 e. The van der Waals surface area contributed by atoms with E-state index in [1.54, 1.807) is 0 Å². The molecule has 2 N–H and O–H groups in total. The van der Waals surface area contributed by atoms with Crippen molar-refractivity contribution in [3.63, 3.8) is 0 Å². The summed E-state index contributed by atoms with van der Waals surface area (Å²) in [5, 5.41) is 6.05. The lowest BCUT2D eigenvalue weighted by atomic mass is 10.0. The molecule has 1 amide bonds. The predicted octanol–water partition coefficient (Wildman–Crippen LogP) is 0.196. The average Bonchev–Trinajstić information content (AvgIpc) is 2.21. The highest BCUT2D eigenvalue weighted by Crippen LogP contribution is 2.15. The maximum atomic E-state index is 11.5. The minimum Gasteiger partial charge on any atom is -0.355 e. The van der Waals surface area contributed by atoms with E-state index in [0.29, 0.717) is 12.6 Å². The number of nitrogens with one attached hydrogen (secondary N) is 2. The standard InChI is InChI=1S/C11H23N3O/c1-3-13-11(15)9-14-7-5-4-6-10(14)8-12-2/h10,12H,3-9H2,1-2H3,(H,13,15). The smallest absolute Gasteiger partial charge is 0.234 e. The van der Waals surface area contributed by atoms with Crippen LogP contribution in [0.1, 0.15) is 26.2 Å². The Balaban J connectivity index is 2.38. The number of rotatable bonds is 5. The number of nitrogens with zero attached hydrogens (tertiary/aromatic N) is 1. The Labute approximate surface area is 92.4 Å². The van der Waals surface area contributed by atoms with Crippen molar-refractivity contribution in [3.8, 4) is 0 Å². The molecule has 0 aromatic carbocycles.